The summed E-state index contributed by atoms with van der Waals surface area (Å²) in [5, 5.41) is 4.22. The van der Waals surface area contributed by atoms with Gasteiger partial charge in [-0.15, -0.1) is 0 Å². The lowest BCUT2D eigenvalue weighted by Gasteiger charge is -2.08. The molecule has 106 valence electrons. The number of fused-ring (bicyclic) bond motifs is 1. The number of hydrogen-bond acceptors (Lipinski definition) is 2. The molecule has 0 fully saturated rings. The van der Waals surface area contributed by atoms with Crippen molar-refractivity contribution in [3.63, 3.8) is 0 Å². The topological polar surface area (TPSA) is 24.9 Å². The molecule has 5 heteroatoms. The van der Waals surface area contributed by atoms with Crippen molar-refractivity contribution in [3.05, 3.63) is 70.1 Å². The zero-order valence-electron chi connectivity index (χ0n) is 10.9. The standard InChI is InChI=1S/C16H11Cl2FN2/c17-13-7-12(8-14(18)16(13)19)20-9-11-6-5-10-3-1-2-4-15(10)21-11/h1-8,20H,9H2. The lowest BCUT2D eigenvalue weighted by atomic mass is 10.2. The fourth-order valence-electron chi connectivity index (χ4n) is 2.06. The van der Waals surface area contributed by atoms with E-state index in [1.165, 1.54) is 12.1 Å². The molecule has 0 spiro atoms. The highest BCUT2D eigenvalue weighted by molar-refractivity contribution is 6.35. The van der Waals surface area contributed by atoms with Gasteiger partial charge >= 0.3 is 0 Å². The first-order chi connectivity index (χ1) is 10.1. The van der Waals surface area contributed by atoms with Gasteiger partial charge in [-0.2, -0.15) is 0 Å². The maximum absolute atomic E-state index is 13.3. The van der Waals surface area contributed by atoms with Crippen LogP contribution in [0, 0.1) is 5.82 Å². The van der Waals surface area contributed by atoms with Gasteiger partial charge in [-0.05, 0) is 24.3 Å². The number of para-hydroxylation sites is 1. The van der Waals surface area contributed by atoms with E-state index in [2.05, 4.69) is 10.3 Å². The van der Waals surface area contributed by atoms with Crippen LogP contribution in [0.1, 0.15) is 5.69 Å². The van der Waals surface area contributed by atoms with E-state index in [0.29, 0.717) is 12.2 Å². The Kier molecular flexibility index (Phi) is 3.95. The van der Waals surface area contributed by atoms with E-state index in [9.17, 15) is 4.39 Å². The minimum Gasteiger partial charge on any atom is -0.379 e. The number of rotatable bonds is 3. The van der Waals surface area contributed by atoms with Crippen molar-refractivity contribution in [1.82, 2.24) is 4.98 Å². The van der Waals surface area contributed by atoms with Gasteiger partial charge in [0.2, 0.25) is 0 Å². The third-order valence-electron chi connectivity index (χ3n) is 3.11. The molecule has 0 radical (unpaired) electrons. The fourth-order valence-corrected chi connectivity index (χ4v) is 2.54. The van der Waals surface area contributed by atoms with Crippen LogP contribution in [0.15, 0.2) is 48.5 Å². The second-order valence-corrected chi connectivity index (χ2v) is 5.42. The van der Waals surface area contributed by atoms with Crippen molar-refractivity contribution < 1.29 is 4.39 Å². The van der Waals surface area contributed by atoms with Crippen molar-refractivity contribution >= 4 is 39.8 Å². The average Bonchev–Trinajstić information content (AvgIpc) is 2.50. The molecule has 0 aliphatic carbocycles. The molecule has 1 heterocycles. The highest BCUT2D eigenvalue weighted by Crippen LogP contribution is 2.27. The van der Waals surface area contributed by atoms with E-state index in [1.807, 2.05) is 36.4 Å². The summed E-state index contributed by atoms with van der Waals surface area (Å²) in [4.78, 5) is 4.55. The third kappa shape index (κ3) is 3.09. The molecule has 2 nitrogen and oxygen atoms in total. The molecule has 0 aliphatic heterocycles. The molecule has 0 atom stereocenters. The lowest BCUT2D eigenvalue weighted by Crippen LogP contribution is -2.02. The molecule has 21 heavy (non-hydrogen) atoms. The summed E-state index contributed by atoms with van der Waals surface area (Å²) in [5.41, 5.74) is 2.47. The fraction of sp³-hybridized carbons (Fsp3) is 0.0625. The number of benzene rings is 2. The van der Waals surface area contributed by atoms with E-state index in [4.69, 9.17) is 23.2 Å². The van der Waals surface area contributed by atoms with E-state index in [1.54, 1.807) is 0 Å². The van der Waals surface area contributed by atoms with Gasteiger partial charge in [-0.1, -0.05) is 47.5 Å². The van der Waals surface area contributed by atoms with Crippen LogP contribution >= 0.6 is 23.2 Å². The number of halogens is 3. The molecule has 0 bridgehead atoms. The lowest BCUT2D eigenvalue weighted by molar-refractivity contribution is 0.629. The smallest absolute Gasteiger partial charge is 0.160 e. The van der Waals surface area contributed by atoms with Crippen molar-refractivity contribution in [2.45, 2.75) is 6.54 Å². The predicted molar refractivity (Wildman–Crippen MR) is 85.5 cm³/mol. The van der Waals surface area contributed by atoms with E-state index >= 15 is 0 Å². The molecule has 3 aromatic rings. The first-order valence-corrected chi connectivity index (χ1v) is 7.12. The Labute approximate surface area is 131 Å². The maximum Gasteiger partial charge on any atom is 0.160 e. The average molecular weight is 321 g/mol. The Balaban J connectivity index is 1.80. The summed E-state index contributed by atoms with van der Waals surface area (Å²) in [6.07, 6.45) is 0. The van der Waals surface area contributed by atoms with Gasteiger partial charge in [0, 0.05) is 11.1 Å². The number of pyridine rings is 1. The van der Waals surface area contributed by atoms with Crippen LogP contribution in [0.2, 0.25) is 10.0 Å². The highest BCUT2D eigenvalue weighted by Gasteiger charge is 2.07. The summed E-state index contributed by atoms with van der Waals surface area (Å²) in [5.74, 6) is -0.604. The van der Waals surface area contributed by atoms with Crippen LogP contribution in [0.3, 0.4) is 0 Å². The van der Waals surface area contributed by atoms with E-state index < -0.39 is 5.82 Å². The minimum absolute atomic E-state index is 0.00327. The maximum atomic E-state index is 13.3. The number of anilines is 1. The molecule has 0 saturated heterocycles. The summed E-state index contributed by atoms with van der Waals surface area (Å²) in [7, 11) is 0. The quantitative estimate of drug-likeness (QED) is 0.663. The van der Waals surface area contributed by atoms with Crippen LogP contribution in [0.4, 0.5) is 10.1 Å². The van der Waals surface area contributed by atoms with E-state index in [-0.39, 0.29) is 10.0 Å². The Bertz CT molecular complexity index is 782. The van der Waals surface area contributed by atoms with Crippen molar-refractivity contribution in [2.75, 3.05) is 5.32 Å². The zero-order valence-corrected chi connectivity index (χ0v) is 12.4. The van der Waals surface area contributed by atoms with Gasteiger partial charge in [0.25, 0.3) is 0 Å². The Morgan fingerprint density at radius 2 is 1.71 bits per heavy atom. The molecular weight excluding hydrogens is 310 g/mol. The Hall–Kier alpha value is -1.84. The Morgan fingerprint density at radius 3 is 2.48 bits per heavy atom. The predicted octanol–water partition coefficient (Wildman–Crippen LogP) is 5.29. The van der Waals surface area contributed by atoms with Crippen LogP contribution < -0.4 is 5.32 Å². The van der Waals surface area contributed by atoms with Gasteiger partial charge in [-0.25, -0.2) is 4.39 Å². The molecular formula is C16H11Cl2FN2. The molecule has 0 unspecified atom stereocenters. The molecule has 0 amide bonds. The number of aromatic nitrogens is 1. The summed E-state index contributed by atoms with van der Waals surface area (Å²) in [6.45, 7) is 0.503. The minimum atomic E-state index is -0.604. The third-order valence-corrected chi connectivity index (χ3v) is 3.66. The SMILES string of the molecule is Fc1c(Cl)cc(NCc2ccc3ccccc3n2)cc1Cl. The van der Waals surface area contributed by atoms with Gasteiger partial charge in [0.15, 0.2) is 5.82 Å². The number of nitrogens with one attached hydrogen (secondary N) is 1. The monoisotopic (exact) mass is 320 g/mol. The van der Waals surface area contributed by atoms with Crippen LogP contribution in [0.25, 0.3) is 10.9 Å². The second-order valence-electron chi connectivity index (χ2n) is 4.60. The summed E-state index contributed by atoms with van der Waals surface area (Å²) >= 11 is 11.5. The van der Waals surface area contributed by atoms with Gasteiger partial charge < -0.3 is 5.32 Å². The highest BCUT2D eigenvalue weighted by atomic mass is 35.5. The van der Waals surface area contributed by atoms with Gasteiger partial charge in [-0.3, -0.25) is 4.98 Å². The van der Waals surface area contributed by atoms with Crippen LogP contribution in [-0.4, -0.2) is 4.98 Å². The van der Waals surface area contributed by atoms with Crippen molar-refractivity contribution in [1.29, 1.82) is 0 Å². The summed E-state index contributed by atoms with van der Waals surface area (Å²) < 4.78 is 13.3. The largest absolute Gasteiger partial charge is 0.379 e. The molecule has 1 aromatic heterocycles. The van der Waals surface area contributed by atoms with E-state index in [0.717, 1.165) is 16.6 Å². The summed E-state index contributed by atoms with van der Waals surface area (Å²) in [6, 6.07) is 14.9. The van der Waals surface area contributed by atoms with Gasteiger partial charge in [0.05, 0.1) is 27.8 Å². The first-order valence-electron chi connectivity index (χ1n) is 6.36. The first kappa shape index (κ1) is 14.1. The van der Waals surface area contributed by atoms with Crippen LogP contribution in [-0.2, 0) is 6.54 Å². The molecule has 3 rings (SSSR count). The normalized spacial score (nSPS) is 10.8. The molecule has 2 aromatic carbocycles. The van der Waals surface area contributed by atoms with Gasteiger partial charge in [0.1, 0.15) is 0 Å². The van der Waals surface area contributed by atoms with Crippen molar-refractivity contribution in [2.24, 2.45) is 0 Å². The zero-order chi connectivity index (χ0) is 14.8. The Morgan fingerprint density at radius 1 is 1.00 bits per heavy atom. The molecule has 0 saturated carbocycles. The second kappa shape index (κ2) is 5.88. The molecule has 0 aliphatic rings. The number of nitrogens with zero attached hydrogens (tertiary/aromatic N) is 1. The number of hydrogen-bond donors (Lipinski definition) is 1. The van der Waals surface area contributed by atoms with Crippen LogP contribution in [0.5, 0.6) is 0 Å². The molecule has 1 N–H and O–H groups in total. The van der Waals surface area contributed by atoms with Crippen molar-refractivity contribution in [3.8, 4) is 0 Å².